The summed E-state index contributed by atoms with van der Waals surface area (Å²) in [4.78, 5) is 30.7. The molecule has 0 spiro atoms. The molecule has 70 heavy (non-hydrogen) atoms. The van der Waals surface area contributed by atoms with Crippen molar-refractivity contribution in [3.05, 3.63) is 166 Å². The summed E-state index contributed by atoms with van der Waals surface area (Å²) < 4.78 is 22.1. The second-order valence-electron chi connectivity index (χ2n) is 16.8. The highest BCUT2D eigenvalue weighted by molar-refractivity contribution is 7.15. The minimum atomic E-state index is 0.139. The molecule has 0 amide bonds. The number of fused-ring (bicyclic) bond motifs is 3. The van der Waals surface area contributed by atoms with Gasteiger partial charge < -0.3 is 18.3 Å². The number of nitrogens with zero attached hydrogens (tertiary/aromatic N) is 9. The Labute approximate surface area is 410 Å². The lowest BCUT2D eigenvalue weighted by Gasteiger charge is -2.09. The average molecular weight is 960 g/mol. The Hall–Kier alpha value is -8.27. The molecule has 0 N–H and O–H groups in total. The number of ether oxygens (including phenoxy) is 1. The SMILES string of the molecule is Cc1ccc2cccc(-c3nc(-c4ccc(C)s4)no3)c2n1.Cc1ccc2cccc(-c3nc(-c4ccc(OC(C)C)cc4)no3)c2n1.Cc1csc(-c2noc(-c3cccc4ccc(C)nc34)n2)c1. The third-order valence-corrected chi connectivity index (χ3v) is 13.0. The topological polar surface area (TPSA) is 165 Å². The summed E-state index contributed by atoms with van der Waals surface area (Å²) in [6.07, 6.45) is 0.139. The van der Waals surface area contributed by atoms with Crippen molar-refractivity contribution in [2.45, 2.75) is 54.6 Å². The molecule has 0 aliphatic heterocycles. The van der Waals surface area contributed by atoms with E-state index in [2.05, 4.69) is 88.9 Å². The van der Waals surface area contributed by atoms with Gasteiger partial charge >= 0.3 is 0 Å². The summed E-state index contributed by atoms with van der Waals surface area (Å²) in [6.45, 7) is 14.0. The minimum absolute atomic E-state index is 0.139. The van der Waals surface area contributed by atoms with Crippen molar-refractivity contribution in [2.24, 2.45) is 0 Å². The number of thiophene rings is 2. The number of rotatable bonds is 8. The highest BCUT2D eigenvalue weighted by atomic mass is 32.1. The van der Waals surface area contributed by atoms with E-state index in [9.17, 15) is 0 Å². The van der Waals surface area contributed by atoms with Crippen LogP contribution in [0.5, 0.6) is 5.75 Å². The van der Waals surface area contributed by atoms with Crippen molar-refractivity contribution < 1.29 is 18.3 Å². The molecule has 0 saturated carbocycles. The molecule has 0 aliphatic carbocycles. The number of hydrogen-bond acceptors (Lipinski definition) is 15. The van der Waals surface area contributed by atoms with Crippen LogP contribution in [0, 0.1) is 34.6 Å². The largest absolute Gasteiger partial charge is 0.491 e. The van der Waals surface area contributed by atoms with E-state index in [1.807, 2.05) is 144 Å². The van der Waals surface area contributed by atoms with E-state index in [-0.39, 0.29) is 6.10 Å². The Morgan fingerprint density at radius 2 is 0.914 bits per heavy atom. The first-order valence-electron chi connectivity index (χ1n) is 22.5. The summed E-state index contributed by atoms with van der Waals surface area (Å²) in [5.41, 5.74) is 10.2. The summed E-state index contributed by atoms with van der Waals surface area (Å²) in [5.74, 6) is 4.08. The number of aryl methyl sites for hydroxylation is 5. The second kappa shape index (κ2) is 19.8. The van der Waals surface area contributed by atoms with Crippen molar-refractivity contribution in [1.29, 1.82) is 0 Å². The summed E-state index contributed by atoms with van der Waals surface area (Å²) >= 11 is 3.27. The van der Waals surface area contributed by atoms with Gasteiger partial charge in [-0.15, -0.1) is 22.7 Å². The van der Waals surface area contributed by atoms with Gasteiger partial charge in [-0.3, -0.25) is 15.0 Å². The first-order chi connectivity index (χ1) is 34.0. The zero-order valence-electron chi connectivity index (χ0n) is 39.3. The smallest absolute Gasteiger partial charge is 0.260 e. The van der Waals surface area contributed by atoms with Gasteiger partial charge in [-0.1, -0.05) is 70.1 Å². The van der Waals surface area contributed by atoms with E-state index in [4.69, 9.17) is 18.3 Å². The maximum absolute atomic E-state index is 5.67. The molecular weight excluding hydrogens is 915 g/mol. The van der Waals surface area contributed by atoms with E-state index < -0.39 is 0 Å². The minimum Gasteiger partial charge on any atom is -0.491 e. The highest BCUT2D eigenvalue weighted by Gasteiger charge is 2.18. The van der Waals surface area contributed by atoms with Gasteiger partial charge in [0.05, 0.1) is 49.1 Å². The quantitative estimate of drug-likeness (QED) is 0.141. The fraction of sp³-hybridized carbons (Fsp3) is 0.145. The van der Waals surface area contributed by atoms with E-state index in [0.29, 0.717) is 35.1 Å². The third-order valence-electron chi connectivity index (χ3n) is 10.9. The lowest BCUT2D eigenvalue weighted by Crippen LogP contribution is -2.05. The molecule has 8 heterocycles. The van der Waals surface area contributed by atoms with Crippen LogP contribution in [0.1, 0.15) is 41.4 Å². The van der Waals surface area contributed by atoms with Crippen molar-refractivity contribution in [1.82, 2.24) is 45.4 Å². The van der Waals surface area contributed by atoms with Gasteiger partial charge in [0.1, 0.15) is 5.75 Å². The molecule has 13 nitrogen and oxygen atoms in total. The van der Waals surface area contributed by atoms with Crippen molar-refractivity contribution in [2.75, 3.05) is 0 Å². The standard InChI is InChI=1S/C21H19N3O2.2C17H13N3OS/c1-13(2)25-17-11-9-16(10-12-17)20-23-21(26-24-20)18-6-4-5-15-8-7-14(3)22-19(15)18;1-10-6-8-12-4-3-5-13(15(12)18-10)17-19-16(20-21-17)14-9-7-11(2)22-14;1-10-8-14(22-9-10)16-19-17(21-20-16)13-5-3-4-12-7-6-11(2)18-15(12)13/h4-13H,1-3H3;2*3-9H,1-2H3. The van der Waals surface area contributed by atoms with Crippen LogP contribution in [-0.2, 0) is 0 Å². The number of aromatic nitrogens is 9. The highest BCUT2D eigenvalue weighted by Crippen LogP contribution is 2.33. The maximum Gasteiger partial charge on any atom is 0.260 e. The summed E-state index contributed by atoms with van der Waals surface area (Å²) in [6, 6.07) is 43.9. The van der Waals surface area contributed by atoms with Gasteiger partial charge in [0.2, 0.25) is 17.5 Å². The van der Waals surface area contributed by atoms with Gasteiger partial charge in [0, 0.05) is 43.7 Å². The summed E-state index contributed by atoms with van der Waals surface area (Å²) in [7, 11) is 0. The predicted molar refractivity (Wildman–Crippen MR) is 277 cm³/mol. The normalized spacial score (nSPS) is 11.2. The van der Waals surface area contributed by atoms with E-state index in [1.165, 1.54) is 10.4 Å². The maximum atomic E-state index is 5.67. The Bertz CT molecular complexity index is 3620. The molecule has 0 bridgehead atoms. The Morgan fingerprint density at radius 1 is 0.457 bits per heavy atom. The van der Waals surface area contributed by atoms with E-state index in [1.54, 1.807) is 22.7 Å². The number of pyridine rings is 3. The van der Waals surface area contributed by atoms with Gasteiger partial charge in [0.25, 0.3) is 17.7 Å². The molecule has 15 heteroatoms. The lowest BCUT2D eigenvalue weighted by molar-refractivity contribution is 0.242. The average Bonchev–Trinajstić information content (AvgIpc) is 4.23. The fourth-order valence-electron chi connectivity index (χ4n) is 7.63. The van der Waals surface area contributed by atoms with Crippen LogP contribution in [0.3, 0.4) is 0 Å². The molecule has 12 aromatic rings. The van der Waals surface area contributed by atoms with Crippen LogP contribution in [0.25, 0.3) is 99.9 Å². The predicted octanol–water partition coefficient (Wildman–Crippen LogP) is 14.3. The number of benzene rings is 4. The van der Waals surface area contributed by atoms with Crippen LogP contribution < -0.4 is 4.74 Å². The summed E-state index contributed by atoms with van der Waals surface area (Å²) in [5, 5.41) is 17.6. The van der Waals surface area contributed by atoms with E-state index >= 15 is 0 Å². The first kappa shape index (κ1) is 45.5. The van der Waals surface area contributed by atoms with Gasteiger partial charge in [-0.2, -0.15) is 15.0 Å². The van der Waals surface area contributed by atoms with Crippen LogP contribution in [-0.4, -0.2) is 51.5 Å². The van der Waals surface area contributed by atoms with Crippen LogP contribution in [0.4, 0.5) is 0 Å². The zero-order valence-corrected chi connectivity index (χ0v) is 41.0. The van der Waals surface area contributed by atoms with Crippen LogP contribution in [0.15, 0.2) is 152 Å². The van der Waals surface area contributed by atoms with Crippen molar-refractivity contribution in [3.63, 3.8) is 0 Å². The van der Waals surface area contributed by atoms with Crippen molar-refractivity contribution >= 4 is 55.4 Å². The Balaban J connectivity index is 0.000000122. The van der Waals surface area contributed by atoms with Crippen LogP contribution in [0.2, 0.25) is 0 Å². The third kappa shape index (κ3) is 9.97. The Morgan fingerprint density at radius 3 is 1.34 bits per heavy atom. The zero-order chi connectivity index (χ0) is 48.3. The molecule has 8 aromatic heterocycles. The monoisotopic (exact) mass is 959 g/mol. The Kier molecular flexibility index (Phi) is 12.8. The fourth-order valence-corrected chi connectivity index (χ4v) is 9.24. The van der Waals surface area contributed by atoms with Gasteiger partial charge in [-0.25, -0.2) is 0 Å². The molecule has 346 valence electrons. The molecule has 0 fully saturated rings. The molecule has 0 unspecified atom stereocenters. The number of para-hydroxylation sites is 3. The molecular formula is C55H45N9O4S2. The molecule has 4 aromatic carbocycles. The van der Waals surface area contributed by atoms with Gasteiger partial charge in [-0.05, 0) is 138 Å². The first-order valence-corrected chi connectivity index (χ1v) is 24.2. The molecule has 0 radical (unpaired) electrons. The van der Waals surface area contributed by atoms with Crippen LogP contribution >= 0.6 is 22.7 Å². The molecule has 12 rings (SSSR count). The number of hydrogen-bond donors (Lipinski definition) is 0. The second-order valence-corrected chi connectivity index (χ2v) is 19.0. The molecule has 0 atom stereocenters. The van der Waals surface area contributed by atoms with Gasteiger partial charge in [0.15, 0.2) is 0 Å². The molecule has 0 aliphatic rings. The molecule has 0 saturated heterocycles. The van der Waals surface area contributed by atoms with E-state index in [0.717, 1.165) is 87.5 Å². The van der Waals surface area contributed by atoms with Crippen molar-refractivity contribution in [3.8, 4) is 72.9 Å². The lowest BCUT2D eigenvalue weighted by atomic mass is 10.1.